The number of likely N-dealkylation sites (N-methyl/N-ethyl adjacent to an activating group) is 1. The van der Waals surface area contributed by atoms with Gasteiger partial charge in [-0.05, 0) is 26.2 Å². The van der Waals surface area contributed by atoms with Gasteiger partial charge in [0.25, 0.3) is 0 Å². The van der Waals surface area contributed by atoms with Gasteiger partial charge < -0.3 is 10.2 Å². The lowest BCUT2D eigenvalue weighted by Crippen LogP contribution is -2.39. The largest absolute Gasteiger partial charge is 0.345 e. The molecule has 0 aromatic carbocycles. The Kier molecular flexibility index (Phi) is 8.01. The van der Waals surface area contributed by atoms with Crippen LogP contribution in [0.15, 0.2) is 12.7 Å². The first-order valence-electron chi connectivity index (χ1n) is 5.70. The molecule has 88 valence electrons. The van der Waals surface area contributed by atoms with Gasteiger partial charge in [0.1, 0.15) is 0 Å². The summed E-state index contributed by atoms with van der Waals surface area (Å²) in [7, 11) is 1.85. The molecule has 1 atom stereocenters. The van der Waals surface area contributed by atoms with E-state index in [1.807, 2.05) is 13.1 Å². The van der Waals surface area contributed by atoms with Crippen LogP contribution in [0, 0.1) is 0 Å². The summed E-state index contributed by atoms with van der Waals surface area (Å²) in [4.78, 5) is 13.4. The van der Waals surface area contributed by atoms with E-state index < -0.39 is 0 Å². The molecule has 0 saturated heterocycles. The lowest BCUT2D eigenvalue weighted by atomic mass is 10.2. The predicted molar refractivity (Wildman–Crippen MR) is 64.8 cm³/mol. The smallest absolute Gasteiger partial charge is 0.236 e. The molecule has 1 unspecified atom stereocenters. The van der Waals surface area contributed by atoms with Gasteiger partial charge in [0, 0.05) is 19.6 Å². The van der Waals surface area contributed by atoms with E-state index in [1.54, 1.807) is 4.90 Å². The number of allylic oxidation sites excluding steroid dienone is 1. The molecule has 0 aromatic heterocycles. The summed E-state index contributed by atoms with van der Waals surface area (Å²) >= 11 is 0. The fraction of sp³-hybridized carbons (Fsp3) is 0.750. The minimum Gasteiger partial charge on any atom is -0.345 e. The first-order valence-corrected chi connectivity index (χ1v) is 5.70. The van der Waals surface area contributed by atoms with Crippen molar-refractivity contribution in [3.8, 4) is 0 Å². The van der Waals surface area contributed by atoms with Gasteiger partial charge in [0.2, 0.25) is 5.91 Å². The topological polar surface area (TPSA) is 32.3 Å². The summed E-state index contributed by atoms with van der Waals surface area (Å²) in [5.74, 6) is 0.166. The van der Waals surface area contributed by atoms with Gasteiger partial charge in [-0.2, -0.15) is 0 Å². The molecule has 0 rings (SSSR count). The number of carbonyl (C=O) groups is 1. The summed E-state index contributed by atoms with van der Waals surface area (Å²) in [5, 5.41) is 3.19. The van der Waals surface area contributed by atoms with Crippen LogP contribution < -0.4 is 5.32 Å². The Morgan fingerprint density at radius 1 is 1.60 bits per heavy atom. The van der Waals surface area contributed by atoms with Gasteiger partial charge >= 0.3 is 0 Å². The van der Waals surface area contributed by atoms with Gasteiger partial charge in [0.05, 0.1) is 6.54 Å². The fourth-order valence-corrected chi connectivity index (χ4v) is 1.14. The zero-order valence-corrected chi connectivity index (χ0v) is 10.3. The van der Waals surface area contributed by atoms with Gasteiger partial charge in [-0.25, -0.2) is 0 Å². The minimum absolute atomic E-state index is 0.166. The first kappa shape index (κ1) is 14.2. The van der Waals surface area contributed by atoms with Crippen molar-refractivity contribution in [2.24, 2.45) is 0 Å². The van der Waals surface area contributed by atoms with Crippen LogP contribution in [0.2, 0.25) is 0 Å². The van der Waals surface area contributed by atoms with Gasteiger partial charge in [-0.3, -0.25) is 4.79 Å². The van der Waals surface area contributed by atoms with E-state index in [1.165, 1.54) is 0 Å². The number of nitrogens with one attached hydrogen (secondary N) is 1. The van der Waals surface area contributed by atoms with Crippen LogP contribution in [0.1, 0.15) is 33.1 Å². The second kappa shape index (κ2) is 8.48. The van der Waals surface area contributed by atoms with E-state index in [2.05, 4.69) is 25.7 Å². The van der Waals surface area contributed by atoms with Crippen LogP contribution in [0.4, 0.5) is 0 Å². The first-order chi connectivity index (χ1) is 7.11. The maximum Gasteiger partial charge on any atom is 0.236 e. The van der Waals surface area contributed by atoms with E-state index in [0.29, 0.717) is 12.6 Å². The average molecular weight is 212 g/mol. The second-order valence-corrected chi connectivity index (χ2v) is 3.94. The van der Waals surface area contributed by atoms with E-state index in [0.717, 1.165) is 25.8 Å². The molecule has 0 saturated carbocycles. The van der Waals surface area contributed by atoms with Gasteiger partial charge in [0.15, 0.2) is 0 Å². The molecule has 0 aliphatic carbocycles. The van der Waals surface area contributed by atoms with Crippen molar-refractivity contribution >= 4 is 5.91 Å². The van der Waals surface area contributed by atoms with Crippen molar-refractivity contribution in [1.29, 1.82) is 0 Å². The van der Waals surface area contributed by atoms with Crippen molar-refractivity contribution in [3.63, 3.8) is 0 Å². The third kappa shape index (κ3) is 7.14. The minimum atomic E-state index is 0.166. The van der Waals surface area contributed by atoms with Crippen molar-refractivity contribution in [2.75, 3.05) is 20.1 Å². The molecule has 1 amide bonds. The SMILES string of the molecule is C=CCCCN(C)C(=O)CNC(C)CC. The monoisotopic (exact) mass is 212 g/mol. The van der Waals surface area contributed by atoms with E-state index in [-0.39, 0.29) is 5.91 Å². The third-order valence-electron chi connectivity index (χ3n) is 2.54. The Morgan fingerprint density at radius 3 is 2.80 bits per heavy atom. The highest BCUT2D eigenvalue weighted by molar-refractivity contribution is 5.77. The highest BCUT2D eigenvalue weighted by Crippen LogP contribution is 1.94. The van der Waals surface area contributed by atoms with Crippen LogP contribution in [0.5, 0.6) is 0 Å². The highest BCUT2D eigenvalue weighted by atomic mass is 16.2. The summed E-state index contributed by atoms with van der Waals surface area (Å²) in [5.41, 5.74) is 0. The van der Waals surface area contributed by atoms with Crippen LogP contribution in [0.3, 0.4) is 0 Å². The Labute approximate surface area is 93.5 Å². The fourth-order valence-electron chi connectivity index (χ4n) is 1.14. The Balaban J connectivity index is 3.64. The predicted octanol–water partition coefficient (Wildman–Crippen LogP) is 1.80. The number of nitrogens with zero attached hydrogens (tertiary/aromatic N) is 1. The molecular formula is C12H24N2O. The van der Waals surface area contributed by atoms with Crippen LogP contribution >= 0.6 is 0 Å². The Morgan fingerprint density at radius 2 is 2.27 bits per heavy atom. The molecule has 0 radical (unpaired) electrons. The molecule has 0 aromatic rings. The van der Waals surface area contributed by atoms with E-state index >= 15 is 0 Å². The van der Waals surface area contributed by atoms with Crippen molar-refractivity contribution in [1.82, 2.24) is 10.2 Å². The quantitative estimate of drug-likeness (QED) is 0.491. The molecule has 15 heavy (non-hydrogen) atoms. The Hall–Kier alpha value is -0.830. The maximum atomic E-state index is 11.6. The summed E-state index contributed by atoms with van der Waals surface area (Å²) in [6.45, 7) is 9.11. The van der Waals surface area contributed by atoms with Gasteiger partial charge in [-0.15, -0.1) is 6.58 Å². The molecule has 0 aliphatic rings. The van der Waals surface area contributed by atoms with E-state index in [4.69, 9.17) is 0 Å². The van der Waals surface area contributed by atoms with Crippen molar-refractivity contribution in [2.45, 2.75) is 39.2 Å². The number of amides is 1. The summed E-state index contributed by atoms with van der Waals surface area (Å²) in [6.07, 6.45) is 4.90. The number of carbonyl (C=O) groups excluding carboxylic acids is 1. The average Bonchev–Trinajstić information content (AvgIpc) is 2.25. The normalized spacial score (nSPS) is 12.2. The molecule has 3 heteroatoms. The maximum absolute atomic E-state index is 11.6. The van der Waals surface area contributed by atoms with Crippen molar-refractivity contribution < 1.29 is 4.79 Å². The number of rotatable bonds is 8. The van der Waals surface area contributed by atoms with Crippen LogP contribution in [0.25, 0.3) is 0 Å². The number of hydrogen-bond donors (Lipinski definition) is 1. The molecule has 0 aliphatic heterocycles. The molecule has 0 spiro atoms. The standard InChI is InChI=1S/C12H24N2O/c1-5-7-8-9-14(4)12(15)10-13-11(3)6-2/h5,11,13H,1,6-10H2,2-4H3. The summed E-state index contributed by atoms with van der Waals surface area (Å²) in [6, 6.07) is 0.413. The highest BCUT2D eigenvalue weighted by Gasteiger charge is 2.08. The third-order valence-corrected chi connectivity index (χ3v) is 2.54. The molecule has 3 nitrogen and oxygen atoms in total. The molecular weight excluding hydrogens is 188 g/mol. The second-order valence-electron chi connectivity index (χ2n) is 3.94. The van der Waals surface area contributed by atoms with Crippen LogP contribution in [-0.4, -0.2) is 37.0 Å². The van der Waals surface area contributed by atoms with E-state index in [9.17, 15) is 4.79 Å². The lowest BCUT2D eigenvalue weighted by molar-refractivity contribution is -0.129. The number of hydrogen-bond acceptors (Lipinski definition) is 2. The number of unbranched alkanes of at least 4 members (excludes halogenated alkanes) is 1. The van der Waals surface area contributed by atoms with Crippen molar-refractivity contribution in [3.05, 3.63) is 12.7 Å². The zero-order chi connectivity index (χ0) is 11.7. The summed E-state index contributed by atoms with van der Waals surface area (Å²) < 4.78 is 0. The van der Waals surface area contributed by atoms with Crippen LogP contribution in [-0.2, 0) is 4.79 Å². The molecule has 0 bridgehead atoms. The lowest BCUT2D eigenvalue weighted by Gasteiger charge is -2.18. The Bertz CT molecular complexity index is 192. The molecule has 0 fully saturated rings. The molecule has 0 heterocycles. The molecule has 1 N–H and O–H groups in total. The zero-order valence-electron chi connectivity index (χ0n) is 10.3. The van der Waals surface area contributed by atoms with Gasteiger partial charge in [-0.1, -0.05) is 13.0 Å².